The lowest BCUT2D eigenvalue weighted by Gasteiger charge is -2.42. The van der Waals surface area contributed by atoms with E-state index in [1.54, 1.807) is 55.6 Å². The summed E-state index contributed by atoms with van der Waals surface area (Å²) < 4.78 is 5.16. The molecule has 7 nitrogen and oxygen atoms in total. The average molecular weight is 431 g/mol. The number of carbonyl (C=O) groups excluding carboxylic acids is 2. The first-order valence-corrected chi connectivity index (χ1v) is 10.3. The second-order valence-electron chi connectivity index (χ2n) is 7.78. The molecular formula is C25H25N3O4. The fraction of sp³-hybridized carbons (Fsp3) is 0.200. The molecule has 164 valence electrons. The third-order valence-corrected chi connectivity index (χ3v) is 5.75. The maximum atomic E-state index is 13.5. The number of amides is 3. The third-order valence-electron chi connectivity index (χ3n) is 5.75. The number of nitrogens with zero attached hydrogens (tertiary/aromatic N) is 1. The standard InChI is InChI=1S/C25H25N3O4/c1-16-8-11-19(14-17(16)2)28-24(30)27-22-7-5-4-6-21(22)25(28,31)23(29)26-15-18-9-12-20(32-3)13-10-18/h4-14,31H,15H2,1-3H3,(H,26,29)(H,27,30)/t25-/m1/s1. The number of benzene rings is 3. The molecular weight excluding hydrogens is 406 g/mol. The first-order valence-electron chi connectivity index (χ1n) is 10.3. The van der Waals surface area contributed by atoms with Crippen LogP contribution in [0.1, 0.15) is 22.3 Å². The average Bonchev–Trinajstić information content (AvgIpc) is 2.80. The molecule has 0 fully saturated rings. The largest absolute Gasteiger partial charge is 0.497 e. The van der Waals surface area contributed by atoms with Gasteiger partial charge in [-0.3, -0.25) is 9.69 Å². The van der Waals surface area contributed by atoms with Crippen molar-refractivity contribution in [2.24, 2.45) is 0 Å². The molecule has 1 aliphatic heterocycles. The summed E-state index contributed by atoms with van der Waals surface area (Å²) in [6.45, 7) is 4.05. The molecule has 0 saturated carbocycles. The normalized spacial score (nSPS) is 17.4. The van der Waals surface area contributed by atoms with Crippen molar-refractivity contribution in [1.29, 1.82) is 0 Å². The van der Waals surface area contributed by atoms with Crippen LogP contribution in [0.5, 0.6) is 5.75 Å². The predicted molar refractivity (Wildman–Crippen MR) is 123 cm³/mol. The molecule has 3 aromatic rings. The van der Waals surface area contributed by atoms with Crippen LogP contribution >= 0.6 is 0 Å². The van der Waals surface area contributed by atoms with E-state index in [0.29, 0.717) is 22.7 Å². The molecule has 0 radical (unpaired) electrons. The van der Waals surface area contributed by atoms with Gasteiger partial charge in [-0.2, -0.15) is 0 Å². The van der Waals surface area contributed by atoms with Crippen LogP contribution in [0.3, 0.4) is 0 Å². The third kappa shape index (κ3) is 3.67. The molecule has 3 aromatic carbocycles. The Kier molecular flexibility index (Phi) is 5.59. The minimum absolute atomic E-state index is 0.176. The lowest BCUT2D eigenvalue weighted by atomic mass is 9.94. The van der Waals surface area contributed by atoms with E-state index >= 15 is 0 Å². The van der Waals surface area contributed by atoms with Crippen LogP contribution in [0.15, 0.2) is 66.7 Å². The van der Waals surface area contributed by atoms with Gasteiger partial charge in [-0.05, 0) is 60.9 Å². The van der Waals surface area contributed by atoms with E-state index in [1.165, 1.54) is 0 Å². The Hall–Kier alpha value is -3.84. The van der Waals surface area contributed by atoms with Crippen molar-refractivity contribution < 1.29 is 19.4 Å². The fourth-order valence-electron chi connectivity index (χ4n) is 3.78. The van der Waals surface area contributed by atoms with Crippen LogP contribution in [0, 0.1) is 13.8 Å². The van der Waals surface area contributed by atoms with E-state index in [2.05, 4.69) is 10.6 Å². The highest BCUT2D eigenvalue weighted by molar-refractivity contribution is 6.11. The Labute approximate surface area is 186 Å². The highest BCUT2D eigenvalue weighted by atomic mass is 16.5. The molecule has 3 amide bonds. The van der Waals surface area contributed by atoms with Crippen LogP contribution in [0.25, 0.3) is 0 Å². The Morgan fingerprint density at radius 2 is 1.78 bits per heavy atom. The lowest BCUT2D eigenvalue weighted by Crippen LogP contribution is -2.62. The molecule has 32 heavy (non-hydrogen) atoms. The zero-order valence-corrected chi connectivity index (χ0v) is 18.2. The highest BCUT2D eigenvalue weighted by Gasteiger charge is 2.51. The maximum absolute atomic E-state index is 13.5. The van der Waals surface area contributed by atoms with Gasteiger partial charge in [0.15, 0.2) is 0 Å². The van der Waals surface area contributed by atoms with Gasteiger partial charge in [0.05, 0.1) is 12.8 Å². The van der Waals surface area contributed by atoms with Gasteiger partial charge in [0.1, 0.15) is 5.75 Å². The molecule has 1 aliphatic rings. The molecule has 0 bridgehead atoms. The van der Waals surface area contributed by atoms with Crippen molar-refractivity contribution >= 4 is 23.3 Å². The summed E-state index contributed by atoms with van der Waals surface area (Å²) in [5.41, 5.74) is 1.68. The van der Waals surface area contributed by atoms with Crippen LogP contribution in [-0.4, -0.2) is 24.2 Å². The molecule has 4 rings (SSSR count). The molecule has 0 spiro atoms. The summed E-state index contributed by atoms with van der Waals surface area (Å²) in [7, 11) is 1.58. The van der Waals surface area contributed by atoms with Crippen LogP contribution in [-0.2, 0) is 17.1 Å². The summed E-state index contributed by atoms with van der Waals surface area (Å²) in [5, 5.41) is 17.4. The van der Waals surface area contributed by atoms with Gasteiger partial charge in [0, 0.05) is 17.8 Å². The number of fused-ring (bicyclic) bond motifs is 1. The molecule has 0 aromatic heterocycles. The van der Waals surface area contributed by atoms with Gasteiger partial charge in [0.25, 0.3) is 11.6 Å². The number of aliphatic hydroxyl groups is 1. The molecule has 3 N–H and O–H groups in total. The summed E-state index contributed by atoms with van der Waals surface area (Å²) in [6.07, 6.45) is 0. The van der Waals surface area contributed by atoms with E-state index in [9.17, 15) is 14.7 Å². The monoisotopic (exact) mass is 431 g/mol. The van der Waals surface area contributed by atoms with Gasteiger partial charge < -0.3 is 20.5 Å². The van der Waals surface area contributed by atoms with E-state index in [1.807, 2.05) is 32.0 Å². The smallest absolute Gasteiger partial charge is 0.329 e. The second kappa shape index (κ2) is 8.36. The first kappa shape index (κ1) is 21.4. The quantitative estimate of drug-likeness (QED) is 0.573. The van der Waals surface area contributed by atoms with Gasteiger partial charge in [-0.1, -0.05) is 36.4 Å². The summed E-state index contributed by atoms with van der Waals surface area (Å²) >= 11 is 0. The van der Waals surface area contributed by atoms with Crippen molar-refractivity contribution in [3.63, 3.8) is 0 Å². The van der Waals surface area contributed by atoms with Crippen molar-refractivity contribution in [2.75, 3.05) is 17.3 Å². The first-order chi connectivity index (χ1) is 15.3. The number of rotatable bonds is 5. The number of hydrogen-bond donors (Lipinski definition) is 3. The number of para-hydroxylation sites is 1. The van der Waals surface area contributed by atoms with Gasteiger partial charge in [0.2, 0.25) is 0 Å². The zero-order chi connectivity index (χ0) is 22.9. The van der Waals surface area contributed by atoms with Crippen LogP contribution in [0.4, 0.5) is 16.2 Å². The Morgan fingerprint density at radius 1 is 1.06 bits per heavy atom. The van der Waals surface area contributed by atoms with Gasteiger partial charge in [-0.25, -0.2) is 4.79 Å². The summed E-state index contributed by atoms with van der Waals surface area (Å²) in [6, 6.07) is 18.8. The van der Waals surface area contributed by atoms with E-state index in [0.717, 1.165) is 21.6 Å². The number of hydrogen-bond acceptors (Lipinski definition) is 4. The SMILES string of the molecule is COc1ccc(CNC(=O)[C@]2(O)c3ccccc3NC(=O)N2c2ccc(C)c(C)c2)cc1. The van der Waals surface area contributed by atoms with Crippen molar-refractivity contribution in [1.82, 2.24) is 5.32 Å². The van der Waals surface area contributed by atoms with Crippen molar-refractivity contribution in [3.05, 3.63) is 89.0 Å². The number of carbonyl (C=O) groups is 2. The summed E-state index contributed by atoms with van der Waals surface area (Å²) in [5.74, 6) is 0.00588. The molecule has 1 atom stereocenters. The fourth-order valence-corrected chi connectivity index (χ4v) is 3.78. The molecule has 0 unspecified atom stereocenters. The number of ether oxygens (including phenoxy) is 1. The maximum Gasteiger partial charge on any atom is 0.329 e. The molecule has 1 heterocycles. The Bertz CT molecular complexity index is 1180. The number of anilines is 2. The lowest BCUT2D eigenvalue weighted by molar-refractivity contribution is -0.140. The van der Waals surface area contributed by atoms with Gasteiger partial charge in [-0.15, -0.1) is 0 Å². The van der Waals surface area contributed by atoms with Crippen LogP contribution < -0.4 is 20.3 Å². The topological polar surface area (TPSA) is 90.9 Å². The zero-order valence-electron chi connectivity index (χ0n) is 18.2. The van der Waals surface area contributed by atoms with E-state index in [4.69, 9.17) is 4.74 Å². The Balaban J connectivity index is 1.73. The van der Waals surface area contributed by atoms with Crippen LogP contribution in [0.2, 0.25) is 0 Å². The minimum Gasteiger partial charge on any atom is -0.497 e. The van der Waals surface area contributed by atoms with Crippen molar-refractivity contribution in [3.8, 4) is 5.75 Å². The number of aryl methyl sites for hydroxylation is 2. The highest BCUT2D eigenvalue weighted by Crippen LogP contribution is 2.40. The van der Waals surface area contributed by atoms with E-state index in [-0.39, 0.29) is 6.54 Å². The number of urea groups is 1. The van der Waals surface area contributed by atoms with Crippen molar-refractivity contribution in [2.45, 2.75) is 26.1 Å². The number of methoxy groups -OCH3 is 1. The minimum atomic E-state index is -2.23. The molecule has 0 saturated heterocycles. The van der Waals surface area contributed by atoms with E-state index < -0.39 is 17.7 Å². The van der Waals surface area contributed by atoms with Gasteiger partial charge >= 0.3 is 6.03 Å². The Morgan fingerprint density at radius 3 is 2.47 bits per heavy atom. The second-order valence-corrected chi connectivity index (χ2v) is 7.78. The predicted octanol–water partition coefficient (Wildman–Crippen LogP) is 3.83. The molecule has 0 aliphatic carbocycles. The summed E-state index contributed by atoms with van der Waals surface area (Å²) in [4.78, 5) is 27.6. The number of nitrogens with one attached hydrogen (secondary N) is 2. The molecule has 7 heteroatoms.